The minimum atomic E-state index is -1.02. The molecule has 0 aliphatic rings. The van der Waals surface area contributed by atoms with E-state index in [1.54, 1.807) is 12.1 Å². The van der Waals surface area contributed by atoms with Crippen LogP contribution in [0.25, 0.3) is 0 Å². The fraction of sp³-hybridized carbons (Fsp3) is 0.200. The van der Waals surface area contributed by atoms with Crippen molar-refractivity contribution in [3.63, 3.8) is 0 Å². The highest BCUT2D eigenvalue weighted by molar-refractivity contribution is 6.04. The summed E-state index contributed by atoms with van der Waals surface area (Å²) in [5.41, 5.74) is 1.60. The Hall–Kier alpha value is -2.30. The van der Waals surface area contributed by atoms with Crippen LogP contribution in [0.4, 0.5) is 14.5 Å². The van der Waals surface area contributed by atoms with E-state index in [-0.39, 0.29) is 5.56 Å². The lowest BCUT2D eigenvalue weighted by atomic mass is 10.0. The minimum absolute atomic E-state index is 0.108. The molecule has 0 aliphatic heterocycles. The summed E-state index contributed by atoms with van der Waals surface area (Å²) >= 11 is 0. The van der Waals surface area contributed by atoms with Gasteiger partial charge in [-0.2, -0.15) is 13.8 Å². The van der Waals surface area contributed by atoms with Gasteiger partial charge in [-0.1, -0.05) is 26.0 Å². The molecule has 0 saturated heterocycles. The van der Waals surface area contributed by atoms with Gasteiger partial charge in [0, 0.05) is 23.4 Å². The topological polar surface area (TPSA) is 42.0 Å². The molecule has 0 radical (unpaired) electrons. The Morgan fingerprint density at radius 1 is 1.10 bits per heavy atom. The quantitative estimate of drug-likeness (QED) is 0.868. The van der Waals surface area contributed by atoms with Crippen molar-refractivity contribution in [2.45, 2.75) is 19.8 Å². The smallest absolute Gasteiger partial charge is 0.255 e. The first kappa shape index (κ1) is 14.1. The molecule has 2 aromatic rings. The van der Waals surface area contributed by atoms with Crippen LogP contribution < -0.4 is 5.32 Å². The molecule has 20 heavy (non-hydrogen) atoms. The Morgan fingerprint density at radius 3 is 2.15 bits per heavy atom. The molecule has 104 valence electrons. The van der Waals surface area contributed by atoms with Crippen molar-refractivity contribution in [2.24, 2.45) is 0 Å². The fourth-order valence-electron chi connectivity index (χ4n) is 1.75. The Bertz CT molecular complexity index is 604. The van der Waals surface area contributed by atoms with Gasteiger partial charge >= 0.3 is 0 Å². The number of amides is 1. The Morgan fingerprint density at radius 2 is 1.65 bits per heavy atom. The van der Waals surface area contributed by atoms with Crippen LogP contribution in [0, 0.1) is 11.9 Å². The molecular weight excluding hydrogens is 262 g/mol. The van der Waals surface area contributed by atoms with Gasteiger partial charge in [-0.05, 0) is 23.6 Å². The molecule has 1 aromatic heterocycles. The zero-order valence-electron chi connectivity index (χ0n) is 11.2. The van der Waals surface area contributed by atoms with Gasteiger partial charge in [-0.25, -0.2) is 0 Å². The number of benzene rings is 1. The molecule has 1 N–H and O–H groups in total. The van der Waals surface area contributed by atoms with Crippen molar-refractivity contribution >= 4 is 11.6 Å². The predicted molar refractivity (Wildman–Crippen MR) is 72.6 cm³/mol. The van der Waals surface area contributed by atoms with Crippen LogP contribution in [0.2, 0.25) is 0 Å². The maximum absolute atomic E-state index is 12.9. The fourth-order valence-corrected chi connectivity index (χ4v) is 1.75. The van der Waals surface area contributed by atoms with Crippen LogP contribution in [-0.2, 0) is 0 Å². The lowest BCUT2D eigenvalue weighted by Crippen LogP contribution is -2.13. The van der Waals surface area contributed by atoms with E-state index in [0.717, 1.165) is 17.7 Å². The van der Waals surface area contributed by atoms with E-state index in [4.69, 9.17) is 0 Å². The number of hydrogen-bond donors (Lipinski definition) is 1. The van der Waals surface area contributed by atoms with Gasteiger partial charge in [0.25, 0.3) is 5.91 Å². The highest BCUT2D eigenvalue weighted by atomic mass is 19.1. The largest absolute Gasteiger partial charge is 0.322 e. The van der Waals surface area contributed by atoms with Crippen LogP contribution in [-0.4, -0.2) is 10.9 Å². The van der Waals surface area contributed by atoms with Crippen molar-refractivity contribution in [1.82, 2.24) is 4.98 Å². The lowest BCUT2D eigenvalue weighted by molar-refractivity contribution is 0.102. The second-order valence-corrected chi connectivity index (χ2v) is 4.73. The van der Waals surface area contributed by atoms with Gasteiger partial charge in [0.1, 0.15) is 0 Å². The normalized spacial score (nSPS) is 10.7. The zero-order valence-corrected chi connectivity index (χ0v) is 11.2. The number of rotatable bonds is 3. The van der Waals surface area contributed by atoms with Crippen LogP contribution in [0.1, 0.15) is 35.7 Å². The maximum atomic E-state index is 12.9. The lowest BCUT2D eigenvalue weighted by Gasteiger charge is -2.08. The van der Waals surface area contributed by atoms with Crippen molar-refractivity contribution in [3.05, 3.63) is 59.4 Å². The zero-order chi connectivity index (χ0) is 14.7. The van der Waals surface area contributed by atoms with Crippen molar-refractivity contribution < 1.29 is 13.6 Å². The number of anilines is 1. The van der Waals surface area contributed by atoms with Gasteiger partial charge in [-0.3, -0.25) is 4.79 Å². The van der Waals surface area contributed by atoms with E-state index in [9.17, 15) is 13.6 Å². The average molecular weight is 276 g/mol. The first-order valence-corrected chi connectivity index (χ1v) is 6.20. The summed E-state index contributed by atoms with van der Waals surface area (Å²) in [6.45, 7) is 4.13. The van der Waals surface area contributed by atoms with E-state index in [1.807, 2.05) is 12.1 Å². The standard InChI is InChI=1S/C15H14F2N2O/c1-9(2)10-3-5-12(6-4-10)18-15(20)11-7-13(16)19-14(17)8-11/h3-9H,1-2H3,(H,18,20). The maximum Gasteiger partial charge on any atom is 0.255 e. The molecule has 5 heteroatoms. The molecule has 0 bridgehead atoms. The Balaban J connectivity index is 2.14. The minimum Gasteiger partial charge on any atom is -0.322 e. The molecule has 0 atom stereocenters. The summed E-state index contributed by atoms with van der Waals surface area (Å²) in [5, 5.41) is 2.58. The number of aromatic nitrogens is 1. The van der Waals surface area contributed by atoms with E-state index < -0.39 is 17.8 Å². The molecule has 0 unspecified atom stereocenters. The van der Waals surface area contributed by atoms with Crippen molar-refractivity contribution in [1.29, 1.82) is 0 Å². The first-order chi connectivity index (χ1) is 9.45. The number of nitrogens with zero attached hydrogens (tertiary/aromatic N) is 1. The Kier molecular flexibility index (Phi) is 4.08. The summed E-state index contributed by atoms with van der Waals surface area (Å²) in [6.07, 6.45) is 0. The van der Waals surface area contributed by atoms with Crippen LogP contribution in [0.3, 0.4) is 0 Å². The molecular formula is C15H14F2N2O. The SMILES string of the molecule is CC(C)c1ccc(NC(=O)c2cc(F)nc(F)c2)cc1. The second kappa shape index (κ2) is 5.77. The molecule has 1 aromatic carbocycles. The molecule has 0 saturated carbocycles. The predicted octanol–water partition coefficient (Wildman–Crippen LogP) is 3.74. The number of nitrogens with one attached hydrogen (secondary N) is 1. The van der Waals surface area contributed by atoms with E-state index in [0.29, 0.717) is 11.6 Å². The van der Waals surface area contributed by atoms with Crippen LogP contribution >= 0.6 is 0 Å². The monoisotopic (exact) mass is 276 g/mol. The van der Waals surface area contributed by atoms with E-state index in [2.05, 4.69) is 24.1 Å². The van der Waals surface area contributed by atoms with Gasteiger partial charge in [-0.15, -0.1) is 0 Å². The molecule has 3 nitrogen and oxygen atoms in total. The van der Waals surface area contributed by atoms with Gasteiger partial charge in [0.05, 0.1) is 0 Å². The third-order valence-corrected chi connectivity index (χ3v) is 2.86. The summed E-state index contributed by atoms with van der Waals surface area (Å²) in [7, 11) is 0. The number of pyridine rings is 1. The van der Waals surface area contributed by atoms with Crippen LogP contribution in [0.15, 0.2) is 36.4 Å². The molecule has 2 rings (SSSR count). The highest BCUT2D eigenvalue weighted by Crippen LogP contribution is 2.17. The van der Waals surface area contributed by atoms with E-state index in [1.165, 1.54) is 0 Å². The summed E-state index contributed by atoms with van der Waals surface area (Å²) in [4.78, 5) is 14.8. The molecule has 1 heterocycles. The summed E-state index contributed by atoms with van der Waals surface area (Å²) in [6, 6.07) is 9.08. The van der Waals surface area contributed by atoms with Gasteiger partial charge in [0.2, 0.25) is 11.9 Å². The molecule has 0 aliphatic carbocycles. The second-order valence-electron chi connectivity index (χ2n) is 4.73. The van der Waals surface area contributed by atoms with Crippen molar-refractivity contribution in [2.75, 3.05) is 5.32 Å². The van der Waals surface area contributed by atoms with E-state index >= 15 is 0 Å². The molecule has 0 spiro atoms. The highest BCUT2D eigenvalue weighted by Gasteiger charge is 2.10. The number of carbonyl (C=O) groups excluding carboxylic acids is 1. The molecule has 1 amide bonds. The third-order valence-electron chi connectivity index (χ3n) is 2.86. The number of halogens is 2. The van der Waals surface area contributed by atoms with Gasteiger partial charge in [0.15, 0.2) is 0 Å². The van der Waals surface area contributed by atoms with Crippen LogP contribution in [0.5, 0.6) is 0 Å². The Labute approximate surface area is 115 Å². The first-order valence-electron chi connectivity index (χ1n) is 6.20. The molecule has 0 fully saturated rings. The van der Waals surface area contributed by atoms with Gasteiger partial charge < -0.3 is 5.32 Å². The number of carbonyl (C=O) groups is 1. The summed E-state index contributed by atoms with van der Waals surface area (Å²) in [5.74, 6) is -2.23. The number of hydrogen-bond acceptors (Lipinski definition) is 2. The third kappa shape index (κ3) is 3.38. The van der Waals surface area contributed by atoms with Crippen molar-refractivity contribution in [3.8, 4) is 0 Å². The summed E-state index contributed by atoms with van der Waals surface area (Å²) < 4.78 is 25.9. The average Bonchev–Trinajstić information content (AvgIpc) is 2.38.